The van der Waals surface area contributed by atoms with Gasteiger partial charge in [-0.1, -0.05) is 17.7 Å². The van der Waals surface area contributed by atoms with Gasteiger partial charge < -0.3 is 14.7 Å². The summed E-state index contributed by atoms with van der Waals surface area (Å²) < 4.78 is 5.83. The van der Waals surface area contributed by atoms with Crippen LogP contribution in [0.2, 0.25) is 5.02 Å². The molecule has 1 aliphatic heterocycles. The van der Waals surface area contributed by atoms with Crippen LogP contribution < -0.4 is 4.90 Å². The summed E-state index contributed by atoms with van der Waals surface area (Å²) in [6, 6.07) is 6.33. The van der Waals surface area contributed by atoms with Crippen molar-refractivity contribution in [3.63, 3.8) is 0 Å². The van der Waals surface area contributed by atoms with Gasteiger partial charge in [-0.25, -0.2) is 0 Å². The van der Waals surface area contributed by atoms with Gasteiger partial charge in [0, 0.05) is 6.54 Å². The van der Waals surface area contributed by atoms with Gasteiger partial charge in [0.2, 0.25) is 0 Å². The van der Waals surface area contributed by atoms with Gasteiger partial charge in [0.1, 0.15) is 0 Å². The highest BCUT2D eigenvalue weighted by Crippen LogP contribution is 2.37. The Morgan fingerprint density at radius 1 is 1.42 bits per heavy atom. The van der Waals surface area contributed by atoms with Crippen molar-refractivity contribution < 1.29 is 9.84 Å². The minimum Gasteiger partial charge on any atom is -0.389 e. The second-order valence-electron chi connectivity index (χ2n) is 5.49. The van der Waals surface area contributed by atoms with Crippen molar-refractivity contribution in [3.8, 4) is 0 Å². The molecule has 1 heterocycles. The number of halogens is 1. The predicted octanol–water partition coefficient (Wildman–Crippen LogP) is 3.15. The van der Waals surface area contributed by atoms with Crippen LogP contribution in [0, 0.1) is 0 Å². The van der Waals surface area contributed by atoms with E-state index in [0.29, 0.717) is 12.1 Å². The molecule has 2 aliphatic rings. The molecule has 4 heteroatoms. The monoisotopic (exact) mass is 281 g/mol. The second-order valence-corrected chi connectivity index (χ2v) is 5.89. The first-order valence-electron chi connectivity index (χ1n) is 7.02. The van der Waals surface area contributed by atoms with Gasteiger partial charge in [-0.05, 0) is 43.9 Å². The molecule has 1 saturated heterocycles. The largest absolute Gasteiger partial charge is 0.389 e. The van der Waals surface area contributed by atoms with Gasteiger partial charge >= 0.3 is 0 Å². The van der Waals surface area contributed by atoms with Crippen molar-refractivity contribution in [2.24, 2.45) is 0 Å². The topological polar surface area (TPSA) is 32.7 Å². The normalized spacial score (nSPS) is 28.3. The Balaban J connectivity index is 1.88. The number of fused-ring (bicyclic) bond motifs is 1. The van der Waals surface area contributed by atoms with Crippen LogP contribution in [0.25, 0.3) is 0 Å². The summed E-state index contributed by atoms with van der Waals surface area (Å²) in [4.78, 5) is 2.38. The number of hydrogen-bond acceptors (Lipinski definition) is 3. The highest BCUT2D eigenvalue weighted by molar-refractivity contribution is 6.33. The van der Waals surface area contributed by atoms with Crippen molar-refractivity contribution in [3.05, 3.63) is 28.8 Å². The highest BCUT2D eigenvalue weighted by Gasteiger charge is 2.36. The lowest BCUT2D eigenvalue weighted by Crippen LogP contribution is -2.48. The molecule has 0 spiro atoms. The molecule has 3 rings (SSSR count). The average Bonchev–Trinajstić information content (AvgIpc) is 2.86. The summed E-state index contributed by atoms with van der Waals surface area (Å²) in [5.41, 5.74) is 1.94. The zero-order valence-electron chi connectivity index (χ0n) is 11.2. The van der Waals surface area contributed by atoms with Crippen molar-refractivity contribution in [2.45, 2.75) is 44.4 Å². The van der Waals surface area contributed by atoms with E-state index in [2.05, 4.69) is 4.90 Å². The molecule has 1 aliphatic carbocycles. The summed E-state index contributed by atoms with van der Waals surface area (Å²) in [6.07, 6.45) is 3.45. The van der Waals surface area contributed by atoms with Gasteiger partial charge in [0.15, 0.2) is 0 Å². The van der Waals surface area contributed by atoms with E-state index in [4.69, 9.17) is 16.3 Å². The fourth-order valence-electron chi connectivity index (χ4n) is 3.24. The summed E-state index contributed by atoms with van der Waals surface area (Å²) in [5, 5.41) is 10.3. The fraction of sp³-hybridized carbons (Fsp3) is 0.600. The van der Waals surface area contributed by atoms with Crippen LogP contribution in [0.1, 0.15) is 37.9 Å². The molecule has 1 saturated carbocycles. The molecule has 104 valence electrons. The summed E-state index contributed by atoms with van der Waals surface area (Å²) in [6.45, 7) is 3.43. The number of morpholine rings is 1. The van der Waals surface area contributed by atoms with E-state index in [9.17, 15) is 5.11 Å². The van der Waals surface area contributed by atoms with Crippen LogP contribution in [0.5, 0.6) is 0 Å². The molecule has 3 atom stereocenters. The van der Waals surface area contributed by atoms with Gasteiger partial charge in [-0.15, -0.1) is 0 Å². The first kappa shape index (κ1) is 13.2. The summed E-state index contributed by atoms with van der Waals surface area (Å²) in [5.74, 6) is 0. The lowest BCUT2D eigenvalue weighted by Gasteiger charge is -2.39. The molecule has 0 aromatic heterocycles. The van der Waals surface area contributed by atoms with Gasteiger partial charge in [-0.3, -0.25) is 0 Å². The van der Waals surface area contributed by atoms with Crippen LogP contribution in [0.4, 0.5) is 5.69 Å². The predicted molar refractivity (Wildman–Crippen MR) is 76.8 cm³/mol. The Morgan fingerprint density at radius 3 is 3.00 bits per heavy atom. The van der Waals surface area contributed by atoms with Crippen LogP contribution in [0.15, 0.2) is 18.2 Å². The van der Waals surface area contributed by atoms with Crippen LogP contribution >= 0.6 is 11.6 Å². The molecule has 0 amide bonds. The van der Waals surface area contributed by atoms with Gasteiger partial charge in [-0.2, -0.15) is 0 Å². The number of benzene rings is 1. The molecule has 0 bridgehead atoms. The van der Waals surface area contributed by atoms with Crippen LogP contribution in [-0.2, 0) is 4.74 Å². The third kappa shape index (κ3) is 2.47. The SMILES string of the molecule is C[C@@H](O)c1ccc(N2CCOC3CCCC32)c(Cl)c1. The lowest BCUT2D eigenvalue weighted by atomic mass is 10.1. The highest BCUT2D eigenvalue weighted by atomic mass is 35.5. The smallest absolute Gasteiger partial charge is 0.0779 e. The third-order valence-corrected chi connectivity index (χ3v) is 4.55. The average molecular weight is 282 g/mol. The minimum atomic E-state index is -0.476. The first-order chi connectivity index (χ1) is 9.16. The van der Waals surface area contributed by atoms with E-state index < -0.39 is 6.10 Å². The second kappa shape index (κ2) is 5.31. The number of anilines is 1. The number of nitrogens with zero attached hydrogens (tertiary/aromatic N) is 1. The maximum atomic E-state index is 9.61. The first-order valence-corrected chi connectivity index (χ1v) is 7.40. The van der Waals surface area contributed by atoms with Crippen molar-refractivity contribution in [2.75, 3.05) is 18.1 Å². The Hall–Kier alpha value is -0.770. The number of ether oxygens (including phenoxy) is 1. The fourth-order valence-corrected chi connectivity index (χ4v) is 3.54. The third-order valence-electron chi connectivity index (χ3n) is 4.25. The van der Waals surface area contributed by atoms with E-state index in [0.717, 1.165) is 35.8 Å². The molecule has 2 fully saturated rings. The van der Waals surface area contributed by atoms with Crippen LogP contribution in [-0.4, -0.2) is 30.4 Å². The van der Waals surface area contributed by atoms with Crippen molar-refractivity contribution >= 4 is 17.3 Å². The van der Waals surface area contributed by atoms with E-state index >= 15 is 0 Å². The zero-order chi connectivity index (χ0) is 13.4. The van der Waals surface area contributed by atoms with Crippen LogP contribution in [0.3, 0.4) is 0 Å². The minimum absolute atomic E-state index is 0.362. The van der Waals surface area contributed by atoms with E-state index in [-0.39, 0.29) is 0 Å². The van der Waals surface area contributed by atoms with Gasteiger partial charge in [0.05, 0.1) is 35.6 Å². The molecule has 1 aromatic carbocycles. The number of aliphatic hydroxyl groups excluding tert-OH is 1. The van der Waals surface area contributed by atoms with Gasteiger partial charge in [0.25, 0.3) is 0 Å². The zero-order valence-corrected chi connectivity index (χ0v) is 11.9. The number of rotatable bonds is 2. The molecular weight excluding hydrogens is 262 g/mol. The Morgan fingerprint density at radius 2 is 2.26 bits per heavy atom. The Kier molecular flexibility index (Phi) is 3.70. The summed E-state index contributed by atoms with van der Waals surface area (Å²) >= 11 is 6.40. The number of hydrogen-bond donors (Lipinski definition) is 1. The molecule has 3 nitrogen and oxygen atoms in total. The molecular formula is C15H20ClNO2. The van der Waals surface area contributed by atoms with E-state index in [1.807, 2.05) is 18.2 Å². The van der Waals surface area contributed by atoms with E-state index in [1.165, 1.54) is 12.8 Å². The van der Waals surface area contributed by atoms with Crippen molar-refractivity contribution in [1.29, 1.82) is 0 Å². The molecule has 1 aromatic rings. The summed E-state index contributed by atoms with van der Waals surface area (Å²) in [7, 11) is 0. The molecule has 19 heavy (non-hydrogen) atoms. The van der Waals surface area contributed by atoms with E-state index in [1.54, 1.807) is 6.92 Å². The molecule has 1 N–H and O–H groups in total. The maximum Gasteiger partial charge on any atom is 0.0779 e. The lowest BCUT2D eigenvalue weighted by molar-refractivity contribution is 0.0256. The standard InChI is InChI=1S/C15H20ClNO2/c1-10(18)11-5-6-13(12(16)9-11)17-7-8-19-15-4-2-3-14(15)17/h5-6,9-10,14-15,18H,2-4,7-8H2,1H3/t10-,14?,15?/m1/s1. The molecule has 2 unspecified atom stereocenters. The van der Waals surface area contributed by atoms with Crippen molar-refractivity contribution in [1.82, 2.24) is 0 Å². The molecule has 0 radical (unpaired) electrons. The number of aliphatic hydroxyl groups is 1. The maximum absolute atomic E-state index is 9.61. The quantitative estimate of drug-likeness (QED) is 0.904. The Labute approximate surface area is 119 Å². The Bertz CT molecular complexity index is 463.